The molecule has 2 nitrogen and oxygen atoms in total. The summed E-state index contributed by atoms with van der Waals surface area (Å²) in [6.07, 6.45) is -0.797. The Labute approximate surface area is 92.1 Å². The van der Waals surface area contributed by atoms with Crippen LogP contribution in [0.25, 0.3) is 0 Å². The minimum absolute atomic E-state index is 0.231. The van der Waals surface area contributed by atoms with Crippen LogP contribution in [0.4, 0.5) is 13.2 Å². The van der Waals surface area contributed by atoms with Gasteiger partial charge < -0.3 is 5.32 Å². The predicted octanol–water partition coefficient (Wildman–Crippen LogP) is 2.66. The summed E-state index contributed by atoms with van der Waals surface area (Å²) in [6, 6.07) is 0.289. The number of hydrogen-bond donors (Lipinski definition) is 1. The van der Waals surface area contributed by atoms with Gasteiger partial charge >= 0.3 is 6.36 Å². The topological polar surface area (TPSA) is 21.3 Å². The number of hydrogen-bond acceptors (Lipinski definition) is 2. The molecule has 1 N–H and O–H groups in total. The number of halogens is 4. The smallest absolute Gasteiger partial charge is 0.312 e. The first-order valence-electron chi connectivity index (χ1n) is 5.05. The first-order chi connectivity index (χ1) is 6.97. The molecule has 0 aromatic rings. The third-order valence-electron chi connectivity index (χ3n) is 2.46. The second-order valence-corrected chi connectivity index (χ2v) is 4.31. The fraction of sp³-hybridized carbons (Fsp3) is 1.00. The lowest BCUT2D eigenvalue weighted by molar-refractivity contribution is -0.323. The molecule has 0 amide bonds. The number of rotatable bonds is 4. The molecule has 1 rings (SSSR count). The van der Waals surface area contributed by atoms with E-state index in [0.717, 1.165) is 25.7 Å². The van der Waals surface area contributed by atoms with Crippen LogP contribution >= 0.6 is 11.6 Å². The normalized spacial score (nSPS) is 28.0. The zero-order valence-corrected chi connectivity index (χ0v) is 9.07. The largest absolute Gasteiger partial charge is 0.522 e. The van der Waals surface area contributed by atoms with Gasteiger partial charge in [0.15, 0.2) is 0 Å². The van der Waals surface area contributed by atoms with E-state index in [1.807, 2.05) is 0 Å². The van der Waals surface area contributed by atoms with Crippen molar-refractivity contribution in [3.8, 4) is 0 Å². The highest BCUT2D eigenvalue weighted by Crippen LogP contribution is 2.22. The molecule has 0 aliphatic heterocycles. The summed E-state index contributed by atoms with van der Waals surface area (Å²) in [4.78, 5) is 0. The lowest BCUT2D eigenvalue weighted by atomic mass is 9.95. The highest BCUT2D eigenvalue weighted by atomic mass is 35.5. The third-order valence-corrected chi connectivity index (χ3v) is 2.89. The Bertz CT molecular complexity index is 181. The Balaban J connectivity index is 2.01. The van der Waals surface area contributed by atoms with Crippen LogP contribution in [0, 0.1) is 0 Å². The zero-order chi connectivity index (χ0) is 11.3. The Morgan fingerprint density at radius 1 is 1.20 bits per heavy atom. The van der Waals surface area contributed by atoms with Crippen molar-refractivity contribution in [1.82, 2.24) is 5.32 Å². The average molecular weight is 246 g/mol. The minimum atomic E-state index is -4.52. The van der Waals surface area contributed by atoms with Crippen molar-refractivity contribution >= 4 is 11.6 Å². The maximum Gasteiger partial charge on any atom is 0.522 e. The van der Waals surface area contributed by atoms with E-state index in [-0.39, 0.29) is 24.6 Å². The van der Waals surface area contributed by atoms with Crippen LogP contribution < -0.4 is 5.32 Å². The maximum absolute atomic E-state index is 11.6. The summed E-state index contributed by atoms with van der Waals surface area (Å²) < 4.78 is 38.5. The molecule has 0 radical (unpaired) electrons. The van der Waals surface area contributed by atoms with Crippen molar-refractivity contribution in [2.24, 2.45) is 0 Å². The van der Waals surface area contributed by atoms with Crippen LogP contribution in [0.15, 0.2) is 0 Å². The second kappa shape index (κ2) is 5.92. The van der Waals surface area contributed by atoms with Gasteiger partial charge in [0.2, 0.25) is 0 Å². The summed E-state index contributed by atoms with van der Waals surface area (Å²) in [5.41, 5.74) is 0. The maximum atomic E-state index is 11.6. The summed E-state index contributed by atoms with van der Waals surface area (Å²) in [5, 5.41) is 3.26. The lowest BCUT2D eigenvalue weighted by Crippen LogP contribution is -2.36. The van der Waals surface area contributed by atoms with E-state index in [0.29, 0.717) is 0 Å². The molecule has 1 saturated carbocycles. The van der Waals surface area contributed by atoms with E-state index in [4.69, 9.17) is 11.6 Å². The number of ether oxygens (including phenoxy) is 1. The standard InChI is InChI=1S/C9H15ClF3NO/c10-7-1-3-8(4-2-7)14-5-6-15-9(11,12)13/h7-8,14H,1-6H2. The molecule has 0 bridgehead atoms. The SMILES string of the molecule is FC(F)(F)OCCNC1CCC(Cl)CC1. The zero-order valence-electron chi connectivity index (χ0n) is 8.32. The molecule has 0 spiro atoms. The van der Waals surface area contributed by atoms with E-state index in [9.17, 15) is 13.2 Å². The molecule has 0 aromatic carbocycles. The lowest BCUT2D eigenvalue weighted by Gasteiger charge is -2.25. The van der Waals surface area contributed by atoms with Gasteiger partial charge in [0.05, 0.1) is 6.61 Å². The molecule has 1 aliphatic carbocycles. The van der Waals surface area contributed by atoms with Crippen molar-refractivity contribution in [2.75, 3.05) is 13.2 Å². The molecular formula is C9H15ClF3NO. The Morgan fingerprint density at radius 2 is 1.80 bits per heavy atom. The Kier molecular flexibility index (Phi) is 5.15. The highest BCUT2D eigenvalue weighted by Gasteiger charge is 2.28. The van der Waals surface area contributed by atoms with E-state index in [1.165, 1.54) is 0 Å². The van der Waals surface area contributed by atoms with Gasteiger partial charge in [0.25, 0.3) is 0 Å². The fourth-order valence-electron chi connectivity index (χ4n) is 1.69. The summed E-state index contributed by atoms with van der Waals surface area (Å²) >= 11 is 5.90. The highest BCUT2D eigenvalue weighted by molar-refractivity contribution is 6.20. The predicted molar refractivity (Wildman–Crippen MR) is 51.9 cm³/mol. The van der Waals surface area contributed by atoms with E-state index in [2.05, 4.69) is 10.1 Å². The van der Waals surface area contributed by atoms with Gasteiger partial charge in [-0.25, -0.2) is 0 Å². The third kappa shape index (κ3) is 6.22. The molecule has 0 atom stereocenters. The average Bonchev–Trinajstić information content (AvgIpc) is 2.14. The van der Waals surface area contributed by atoms with Crippen LogP contribution in [0.2, 0.25) is 0 Å². The van der Waals surface area contributed by atoms with Gasteiger partial charge in [0.1, 0.15) is 0 Å². The Morgan fingerprint density at radius 3 is 2.33 bits per heavy atom. The van der Waals surface area contributed by atoms with Crippen LogP contribution in [0.5, 0.6) is 0 Å². The molecule has 6 heteroatoms. The quantitative estimate of drug-likeness (QED) is 0.607. The Hall–Kier alpha value is 0. The molecule has 0 heterocycles. The second-order valence-electron chi connectivity index (χ2n) is 3.70. The van der Waals surface area contributed by atoms with Crippen molar-refractivity contribution < 1.29 is 17.9 Å². The molecule has 0 unspecified atom stereocenters. The first-order valence-corrected chi connectivity index (χ1v) is 5.49. The van der Waals surface area contributed by atoms with Crippen molar-refractivity contribution in [2.45, 2.75) is 43.5 Å². The van der Waals surface area contributed by atoms with Crippen molar-refractivity contribution in [1.29, 1.82) is 0 Å². The summed E-state index contributed by atoms with van der Waals surface area (Å²) in [5.74, 6) is 0. The van der Waals surface area contributed by atoms with Gasteiger partial charge in [-0.05, 0) is 25.7 Å². The van der Waals surface area contributed by atoms with Crippen LogP contribution in [-0.4, -0.2) is 30.9 Å². The monoisotopic (exact) mass is 245 g/mol. The number of nitrogens with one attached hydrogen (secondary N) is 1. The molecule has 0 saturated heterocycles. The minimum Gasteiger partial charge on any atom is -0.312 e. The summed E-state index contributed by atoms with van der Waals surface area (Å²) in [7, 11) is 0. The molecule has 0 aromatic heterocycles. The van der Waals surface area contributed by atoms with E-state index < -0.39 is 6.36 Å². The van der Waals surface area contributed by atoms with Gasteiger partial charge in [-0.1, -0.05) is 0 Å². The van der Waals surface area contributed by atoms with E-state index in [1.54, 1.807) is 0 Å². The first kappa shape index (κ1) is 13.1. The van der Waals surface area contributed by atoms with Gasteiger partial charge in [0, 0.05) is 18.0 Å². The van der Waals surface area contributed by atoms with E-state index >= 15 is 0 Å². The molecule has 1 fully saturated rings. The van der Waals surface area contributed by atoms with Crippen LogP contribution in [0.3, 0.4) is 0 Å². The summed E-state index contributed by atoms with van der Waals surface area (Å²) in [6.45, 7) is -0.0958. The van der Waals surface area contributed by atoms with Crippen molar-refractivity contribution in [3.63, 3.8) is 0 Å². The molecule has 15 heavy (non-hydrogen) atoms. The van der Waals surface area contributed by atoms with Gasteiger partial charge in [-0.15, -0.1) is 24.8 Å². The van der Waals surface area contributed by atoms with Crippen LogP contribution in [-0.2, 0) is 4.74 Å². The molecule has 1 aliphatic rings. The fourth-order valence-corrected chi connectivity index (χ4v) is 1.94. The van der Waals surface area contributed by atoms with Gasteiger partial charge in [-0.3, -0.25) is 4.74 Å². The van der Waals surface area contributed by atoms with Gasteiger partial charge in [-0.2, -0.15) is 0 Å². The molecular weight excluding hydrogens is 231 g/mol. The molecule has 90 valence electrons. The number of alkyl halides is 4. The van der Waals surface area contributed by atoms with Crippen LogP contribution in [0.1, 0.15) is 25.7 Å². The van der Waals surface area contributed by atoms with Crippen molar-refractivity contribution in [3.05, 3.63) is 0 Å².